The average molecular weight is 727 g/mol. The molecule has 0 bridgehead atoms. The summed E-state index contributed by atoms with van der Waals surface area (Å²) in [6, 6.07) is -5.36. The number of fused-ring (bicyclic) bond motifs is 3. The van der Waals surface area contributed by atoms with Crippen LogP contribution in [0.25, 0.3) is 0 Å². The maximum Gasteiger partial charge on any atom is 0.334 e. The highest BCUT2D eigenvalue weighted by molar-refractivity contribution is 6.21. The second-order valence-electron chi connectivity index (χ2n) is 13.3. The second kappa shape index (κ2) is 17.0. The Bertz CT molecular complexity index is 1370. The smallest absolute Gasteiger partial charge is 0.334 e. The van der Waals surface area contributed by atoms with Gasteiger partial charge in [0.15, 0.2) is 12.1 Å². The van der Waals surface area contributed by atoms with E-state index >= 15 is 0 Å². The Morgan fingerprint density at radius 1 is 0.860 bits per heavy atom. The number of alkyl halides is 1. The number of carbonyl (C=O) groups is 6. The quantitative estimate of drug-likeness (QED) is 0.0788. The monoisotopic (exact) mass is 726 g/mol. The summed E-state index contributed by atoms with van der Waals surface area (Å²) in [6.07, 6.45) is 4.36. The Balaban J connectivity index is 1.77. The predicted molar refractivity (Wildman–Crippen MR) is 176 cm³/mol. The van der Waals surface area contributed by atoms with Gasteiger partial charge in [-0.25, -0.2) is 21.1 Å². The third-order valence-corrected chi connectivity index (χ3v) is 9.07. The van der Waals surface area contributed by atoms with E-state index in [0.29, 0.717) is 0 Å². The lowest BCUT2D eigenvalue weighted by molar-refractivity contribution is -0.167. The van der Waals surface area contributed by atoms with Crippen molar-refractivity contribution in [3.8, 4) is 0 Å². The fourth-order valence-electron chi connectivity index (χ4n) is 5.91. The third-order valence-electron chi connectivity index (χ3n) is 8.74. The molecule has 4 aliphatic rings. The highest BCUT2D eigenvalue weighted by atomic mass is 35.5. The molecule has 0 spiro atoms. The summed E-state index contributed by atoms with van der Waals surface area (Å²) >= 11 is 6.46. The zero-order valence-corrected chi connectivity index (χ0v) is 29.0. The molecule has 0 aromatic heterocycles. The molecule has 4 rings (SSSR count). The second-order valence-corrected chi connectivity index (χ2v) is 14.0. The molecule has 8 N–H and O–H groups in total. The number of amides is 5. The molecular formula is C31H47ClN8O10. The van der Waals surface area contributed by atoms with Crippen molar-refractivity contribution in [2.24, 2.45) is 5.92 Å². The number of esters is 1. The van der Waals surface area contributed by atoms with Gasteiger partial charge in [0.25, 0.3) is 17.7 Å². The summed E-state index contributed by atoms with van der Waals surface area (Å²) < 4.78 is 5.17. The maximum absolute atomic E-state index is 14.3. The highest BCUT2D eigenvalue weighted by Crippen LogP contribution is 2.23. The summed E-state index contributed by atoms with van der Waals surface area (Å²) in [5.74, 6) is -5.07. The normalized spacial score (nSPS) is 34.2. The van der Waals surface area contributed by atoms with E-state index in [4.69, 9.17) is 16.3 Å². The van der Waals surface area contributed by atoms with Gasteiger partial charge < -0.3 is 30.7 Å². The van der Waals surface area contributed by atoms with Crippen molar-refractivity contribution in [3.63, 3.8) is 0 Å². The van der Waals surface area contributed by atoms with Crippen molar-refractivity contribution in [1.82, 2.24) is 41.9 Å². The van der Waals surface area contributed by atoms with Crippen LogP contribution in [-0.2, 0) is 33.5 Å². The molecule has 278 valence electrons. The van der Waals surface area contributed by atoms with E-state index in [2.05, 4.69) is 26.9 Å². The minimum Gasteiger partial charge on any atom is -0.454 e. The molecule has 50 heavy (non-hydrogen) atoms. The molecule has 8 atom stereocenters. The number of nitrogens with zero attached hydrogens (tertiary/aromatic N) is 3. The van der Waals surface area contributed by atoms with Gasteiger partial charge in [0.05, 0.1) is 24.2 Å². The molecule has 5 amide bonds. The fraction of sp³-hybridized carbons (Fsp3) is 0.677. The minimum absolute atomic E-state index is 0.0381. The molecule has 19 heteroatoms. The molecule has 4 saturated heterocycles. The number of aliphatic hydroxyl groups is 3. The van der Waals surface area contributed by atoms with Crippen molar-refractivity contribution in [2.75, 3.05) is 32.8 Å². The first-order valence-electron chi connectivity index (χ1n) is 16.6. The number of hydrazine groups is 3. The molecule has 0 aromatic rings. The van der Waals surface area contributed by atoms with Crippen molar-refractivity contribution in [3.05, 3.63) is 24.3 Å². The summed E-state index contributed by atoms with van der Waals surface area (Å²) in [6.45, 7) is 3.09. The van der Waals surface area contributed by atoms with Gasteiger partial charge in [0, 0.05) is 32.5 Å². The number of nitrogens with one attached hydrogen (secondary N) is 5. The van der Waals surface area contributed by atoms with Crippen molar-refractivity contribution >= 4 is 47.1 Å². The van der Waals surface area contributed by atoms with Gasteiger partial charge in [-0.15, -0.1) is 11.6 Å². The number of carbonyl (C=O) groups excluding carboxylic acids is 6. The van der Waals surface area contributed by atoms with E-state index in [-0.39, 0.29) is 51.2 Å². The summed E-state index contributed by atoms with van der Waals surface area (Å²) in [4.78, 5) is 82.4. The van der Waals surface area contributed by atoms with Crippen LogP contribution in [0.15, 0.2) is 24.3 Å². The van der Waals surface area contributed by atoms with Gasteiger partial charge in [-0.1, -0.05) is 38.2 Å². The largest absolute Gasteiger partial charge is 0.454 e. The van der Waals surface area contributed by atoms with Crippen LogP contribution >= 0.6 is 11.6 Å². The molecule has 0 radical (unpaired) electrons. The number of hydrogen-bond donors (Lipinski definition) is 8. The van der Waals surface area contributed by atoms with E-state index in [1.807, 2.05) is 19.9 Å². The van der Waals surface area contributed by atoms with E-state index < -0.39 is 96.0 Å². The number of rotatable bonds is 5. The van der Waals surface area contributed by atoms with E-state index in [1.165, 1.54) is 0 Å². The van der Waals surface area contributed by atoms with E-state index in [0.717, 1.165) is 22.0 Å². The molecule has 0 aliphatic carbocycles. The van der Waals surface area contributed by atoms with Gasteiger partial charge in [-0.3, -0.25) is 39.0 Å². The van der Waals surface area contributed by atoms with Crippen molar-refractivity contribution in [1.29, 1.82) is 0 Å². The lowest BCUT2D eigenvalue weighted by atomic mass is 9.98. The van der Waals surface area contributed by atoms with Crippen LogP contribution in [0.3, 0.4) is 0 Å². The lowest BCUT2D eigenvalue weighted by Gasteiger charge is -2.44. The Kier molecular flexibility index (Phi) is 13.3. The maximum atomic E-state index is 14.3. The summed E-state index contributed by atoms with van der Waals surface area (Å²) in [5, 5.41) is 38.3. The Labute approximate surface area is 294 Å². The Morgan fingerprint density at radius 3 is 2.10 bits per heavy atom. The van der Waals surface area contributed by atoms with Crippen LogP contribution < -0.4 is 26.9 Å². The number of cyclic esters (lactones) is 1. The number of β-amino-alcohol motifs (C(OH)–C–C–N with tert-alkyl or cyclic N) is 2. The number of allylic oxidation sites excluding steroid dienone is 3. The Hall–Kier alpha value is -3.65. The van der Waals surface area contributed by atoms with Crippen LogP contribution in [0.1, 0.15) is 46.5 Å². The van der Waals surface area contributed by atoms with E-state index in [9.17, 15) is 44.1 Å². The van der Waals surface area contributed by atoms with Crippen LogP contribution in [0.4, 0.5) is 0 Å². The SMILES string of the molecule is CC(C)/C=C/C=C/C[C@@H]1NC(=O)[C@H]2C[C@@H](O)CNN2C(=O)COC(=O)[C@](C)(CO)NC(=O)[C@H]2C[C@H](O)CNN2C(=O)[C@H]2C[C@H](Cl)CNN2C1=O. The van der Waals surface area contributed by atoms with Gasteiger partial charge >= 0.3 is 5.97 Å². The molecule has 0 unspecified atom stereocenters. The van der Waals surface area contributed by atoms with Crippen LogP contribution in [-0.4, -0.2) is 146 Å². The number of halogens is 1. The van der Waals surface area contributed by atoms with Crippen LogP contribution in [0.5, 0.6) is 0 Å². The zero-order chi connectivity index (χ0) is 36.7. The first kappa shape index (κ1) is 39.1. The minimum atomic E-state index is -2.09. The molecule has 18 nitrogen and oxygen atoms in total. The molecule has 4 fully saturated rings. The molecule has 0 aromatic carbocycles. The van der Waals surface area contributed by atoms with Gasteiger partial charge in [0.2, 0.25) is 11.8 Å². The molecular weight excluding hydrogens is 680 g/mol. The third kappa shape index (κ3) is 9.36. The van der Waals surface area contributed by atoms with Gasteiger partial charge in [0.1, 0.15) is 24.2 Å². The fourth-order valence-corrected chi connectivity index (χ4v) is 6.15. The van der Waals surface area contributed by atoms with Gasteiger partial charge in [-0.05, 0) is 25.7 Å². The topological polar surface area (TPSA) is 242 Å². The standard InChI is InChI=1S/C31H47ClN8O10/c1-17(2)7-5-4-6-8-21-28(47)40-24(9-18(32)12-33-40)29(48)39-23(11-20(43)14-35-39)27(46)37-31(3,16-41)30(49)50-15-25(44)38-22(26(45)36-21)10-19(42)13-34-38/h4-7,17-24,33-35,41-43H,8-16H2,1-3H3,(H,36,45)(H,37,46)/b6-4+,7-5+/t18-,19+,20-,21-,22+,23+,24+,31-/m0/s1. The number of hydrogen-bond acceptors (Lipinski definition) is 13. The highest BCUT2D eigenvalue weighted by Gasteiger charge is 2.48. The summed E-state index contributed by atoms with van der Waals surface area (Å²) in [7, 11) is 0. The Morgan fingerprint density at radius 2 is 1.46 bits per heavy atom. The average Bonchev–Trinajstić information content (AvgIpc) is 3.08. The number of ether oxygens (including phenoxy) is 1. The van der Waals surface area contributed by atoms with Crippen LogP contribution in [0.2, 0.25) is 0 Å². The lowest BCUT2D eigenvalue weighted by Crippen LogP contribution is -2.71. The van der Waals surface area contributed by atoms with Crippen molar-refractivity contribution < 1.29 is 48.8 Å². The first-order chi connectivity index (χ1) is 23.6. The summed E-state index contributed by atoms with van der Waals surface area (Å²) in [5.41, 5.74) is 6.15. The van der Waals surface area contributed by atoms with E-state index in [1.54, 1.807) is 18.2 Å². The zero-order valence-electron chi connectivity index (χ0n) is 28.2. The number of aliphatic hydroxyl groups excluding tert-OH is 3. The molecule has 4 heterocycles. The molecule has 4 aliphatic heterocycles. The van der Waals surface area contributed by atoms with Crippen LogP contribution in [0, 0.1) is 5.92 Å². The predicted octanol–water partition coefficient (Wildman–Crippen LogP) is -3.30. The van der Waals surface area contributed by atoms with Crippen molar-refractivity contribution in [2.45, 2.75) is 93.7 Å². The first-order valence-corrected chi connectivity index (χ1v) is 17.0. The van der Waals surface area contributed by atoms with Gasteiger partial charge in [-0.2, -0.15) is 0 Å². The molecule has 0 saturated carbocycles.